The number of rotatable bonds is 3. The zero-order chi connectivity index (χ0) is 19.2. The van der Waals surface area contributed by atoms with Crippen molar-refractivity contribution in [1.82, 2.24) is 3.97 Å². The van der Waals surface area contributed by atoms with Gasteiger partial charge < -0.3 is 0 Å². The van der Waals surface area contributed by atoms with Gasteiger partial charge in [-0.05, 0) is 48.6 Å². The summed E-state index contributed by atoms with van der Waals surface area (Å²) in [6.45, 7) is 0. The highest BCUT2D eigenvalue weighted by molar-refractivity contribution is 7.90. The van der Waals surface area contributed by atoms with Crippen LogP contribution in [0.4, 0.5) is 8.78 Å². The van der Waals surface area contributed by atoms with Gasteiger partial charge >= 0.3 is 0 Å². The van der Waals surface area contributed by atoms with Crippen molar-refractivity contribution in [2.45, 2.75) is 24.2 Å². The largest absolute Gasteiger partial charge is 0.298 e. The van der Waals surface area contributed by atoms with E-state index < -0.39 is 21.7 Å². The summed E-state index contributed by atoms with van der Waals surface area (Å²) >= 11 is 0. The van der Waals surface area contributed by atoms with Crippen LogP contribution in [0.15, 0.2) is 53.6 Å². The number of hydrogen-bond acceptors (Lipinski definition) is 3. The second-order valence-corrected chi connectivity index (χ2v) is 8.23. The first-order valence-electron chi connectivity index (χ1n) is 8.42. The minimum Gasteiger partial charge on any atom is -0.298 e. The number of aromatic nitrogens is 1. The van der Waals surface area contributed by atoms with Crippen LogP contribution in [-0.2, 0) is 22.9 Å². The first-order valence-corrected chi connectivity index (χ1v) is 9.86. The SMILES string of the molecule is O=Cc1cn(S(=O)(=O)c2ccc(F)c(F)c2)c2c1CCCc1ccccc1-2. The molecule has 0 bridgehead atoms. The minimum absolute atomic E-state index is 0.285. The first kappa shape index (κ1) is 17.6. The number of benzene rings is 2. The quantitative estimate of drug-likeness (QED) is 0.639. The summed E-state index contributed by atoms with van der Waals surface area (Å²) in [4.78, 5) is 11.2. The molecule has 138 valence electrons. The average Bonchev–Trinajstić information content (AvgIpc) is 2.93. The third-order valence-electron chi connectivity index (χ3n) is 4.83. The maximum Gasteiger partial charge on any atom is 0.268 e. The summed E-state index contributed by atoms with van der Waals surface area (Å²) in [6, 6.07) is 9.86. The Morgan fingerprint density at radius 3 is 2.52 bits per heavy atom. The molecule has 4 rings (SSSR count). The predicted octanol–water partition coefficient (Wildman–Crippen LogP) is 3.97. The Hall–Kier alpha value is -2.80. The van der Waals surface area contributed by atoms with Crippen molar-refractivity contribution in [3.05, 3.63) is 77.0 Å². The molecule has 1 aromatic heterocycles. The van der Waals surface area contributed by atoms with Crippen molar-refractivity contribution in [2.75, 3.05) is 0 Å². The van der Waals surface area contributed by atoms with Gasteiger partial charge in [-0.1, -0.05) is 24.3 Å². The lowest BCUT2D eigenvalue weighted by atomic mass is 10.0. The van der Waals surface area contributed by atoms with Gasteiger partial charge in [-0.2, -0.15) is 0 Å². The highest BCUT2D eigenvalue weighted by Gasteiger charge is 2.29. The third kappa shape index (κ3) is 2.78. The van der Waals surface area contributed by atoms with Gasteiger partial charge in [-0.25, -0.2) is 21.2 Å². The van der Waals surface area contributed by atoms with Crippen LogP contribution in [0.5, 0.6) is 0 Å². The van der Waals surface area contributed by atoms with E-state index in [2.05, 4.69) is 0 Å². The summed E-state index contributed by atoms with van der Waals surface area (Å²) < 4.78 is 54.3. The van der Waals surface area contributed by atoms with Crippen molar-refractivity contribution in [3.63, 3.8) is 0 Å². The standard InChI is InChI=1S/C20H15F2NO3S/c21-18-9-8-15(10-19(18)22)27(25,26)23-11-14(12-24)17-7-3-5-13-4-1-2-6-16(13)20(17)23/h1-2,4,6,8-12H,3,5,7H2. The van der Waals surface area contributed by atoms with E-state index in [1.54, 1.807) is 6.07 Å². The molecule has 0 atom stereocenters. The third-order valence-corrected chi connectivity index (χ3v) is 6.49. The van der Waals surface area contributed by atoms with Crippen molar-refractivity contribution >= 4 is 16.3 Å². The molecular formula is C20H15F2NO3S. The lowest BCUT2D eigenvalue weighted by Crippen LogP contribution is -2.14. The fraction of sp³-hybridized carbons (Fsp3) is 0.150. The van der Waals surface area contributed by atoms with Gasteiger partial charge in [-0.15, -0.1) is 0 Å². The number of carbonyl (C=O) groups is 1. The van der Waals surface area contributed by atoms with Crippen LogP contribution in [-0.4, -0.2) is 18.7 Å². The number of hydrogen-bond donors (Lipinski definition) is 0. The lowest BCUT2D eigenvalue weighted by Gasteiger charge is -2.13. The molecule has 0 aliphatic heterocycles. The number of nitrogens with zero attached hydrogens (tertiary/aromatic N) is 1. The second-order valence-electron chi connectivity index (χ2n) is 6.42. The summed E-state index contributed by atoms with van der Waals surface area (Å²) in [6.07, 6.45) is 3.98. The molecule has 7 heteroatoms. The summed E-state index contributed by atoms with van der Waals surface area (Å²) in [7, 11) is -4.22. The van der Waals surface area contributed by atoms with Crippen LogP contribution in [0.1, 0.15) is 27.9 Å². The predicted molar refractivity (Wildman–Crippen MR) is 96.2 cm³/mol. The molecule has 1 aliphatic rings. The number of fused-ring (bicyclic) bond motifs is 3. The summed E-state index contributed by atoms with van der Waals surface area (Å²) in [5, 5.41) is 0. The van der Waals surface area contributed by atoms with Crippen LogP contribution in [0, 0.1) is 11.6 Å². The van der Waals surface area contributed by atoms with Crippen molar-refractivity contribution in [1.29, 1.82) is 0 Å². The highest BCUT2D eigenvalue weighted by Crippen LogP contribution is 2.37. The molecule has 0 radical (unpaired) electrons. The molecule has 0 saturated heterocycles. The van der Waals surface area contributed by atoms with E-state index in [4.69, 9.17) is 0 Å². The van der Waals surface area contributed by atoms with Crippen LogP contribution in [0.2, 0.25) is 0 Å². The van der Waals surface area contributed by atoms with Crippen molar-refractivity contribution in [2.24, 2.45) is 0 Å². The minimum atomic E-state index is -4.22. The molecule has 4 nitrogen and oxygen atoms in total. The molecule has 27 heavy (non-hydrogen) atoms. The molecule has 2 aromatic carbocycles. The molecule has 0 saturated carbocycles. The van der Waals surface area contributed by atoms with Gasteiger partial charge in [0.25, 0.3) is 10.0 Å². The fourth-order valence-corrected chi connectivity index (χ4v) is 4.97. The van der Waals surface area contributed by atoms with E-state index in [-0.39, 0.29) is 10.5 Å². The molecule has 0 unspecified atom stereocenters. The van der Waals surface area contributed by atoms with Crippen molar-refractivity contribution in [3.8, 4) is 11.3 Å². The normalized spacial score (nSPS) is 13.6. The van der Waals surface area contributed by atoms with Crippen LogP contribution in [0.25, 0.3) is 11.3 Å². The number of aryl methyl sites for hydroxylation is 1. The maximum atomic E-state index is 13.6. The summed E-state index contributed by atoms with van der Waals surface area (Å²) in [5.74, 6) is -2.37. The molecule has 0 N–H and O–H groups in total. The van der Waals surface area contributed by atoms with E-state index in [1.807, 2.05) is 18.2 Å². The number of aldehydes is 1. The Labute approximate surface area is 155 Å². The molecule has 3 aromatic rings. The Bertz CT molecular complexity index is 1170. The van der Waals surface area contributed by atoms with Gasteiger partial charge in [-0.3, -0.25) is 4.79 Å². The Kier molecular flexibility index (Phi) is 4.19. The van der Waals surface area contributed by atoms with E-state index in [0.717, 1.165) is 40.1 Å². The number of halogens is 2. The Morgan fingerprint density at radius 1 is 1.00 bits per heavy atom. The van der Waals surface area contributed by atoms with Gasteiger partial charge in [0.05, 0.1) is 10.6 Å². The second kappa shape index (κ2) is 6.42. The van der Waals surface area contributed by atoms with Crippen LogP contribution in [0.3, 0.4) is 0 Å². The number of carbonyl (C=O) groups excluding carboxylic acids is 1. The van der Waals surface area contributed by atoms with Gasteiger partial charge in [0, 0.05) is 17.3 Å². The molecule has 0 amide bonds. The molecule has 1 heterocycles. The van der Waals surface area contributed by atoms with Gasteiger partial charge in [0.1, 0.15) is 0 Å². The first-order chi connectivity index (χ1) is 12.9. The lowest BCUT2D eigenvalue weighted by molar-refractivity contribution is 0.112. The van der Waals surface area contributed by atoms with E-state index >= 15 is 0 Å². The van der Waals surface area contributed by atoms with E-state index in [9.17, 15) is 22.0 Å². The average molecular weight is 387 g/mol. The molecule has 0 fully saturated rings. The zero-order valence-electron chi connectivity index (χ0n) is 14.2. The zero-order valence-corrected chi connectivity index (χ0v) is 15.0. The molecular weight excluding hydrogens is 372 g/mol. The van der Waals surface area contributed by atoms with Crippen LogP contribution < -0.4 is 0 Å². The smallest absolute Gasteiger partial charge is 0.268 e. The summed E-state index contributed by atoms with van der Waals surface area (Å²) in [5.41, 5.74) is 3.06. The van der Waals surface area contributed by atoms with Gasteiger partial charge in [0.15, 0.2) is 17.9 Å². The van der Waals surface area contributed by atoms with Crippen molar-refractivity contribution < 1.29 is 22.0 Å². The Morgan fingerprint density at radius 2 is 1.78 bits per heavy atom. The van der Waals surface area contributed by atoms with Crippen LogP contribution >= 0.6 is 0 Å². The maximum absolute atomic E-state index is 13.6. The molecule has 0 spiro atoms. The fourth-order valence-electron chi connectivity index (χ4n) is 3.55. The van der Waals surface area contributed by atoms with E-state index in [0.29, 0.717) is 30.0 Å². The molecule has 1 aliphatic carbocycles. The highest BCUT2D eigenvalue weighted by atomic mass is 32.2. The van der Waals surface area contributed by atoms with Gasteiger partial charge in [0.2, 0.25) is 0 Å². The topological polar surface area (TPSA) is 56.1 Å². The van der Waals surface area contributed by atoms with E-state index in [1.165, 1.54) is 6.20 Å². The monoisotopic (exact) mass is 387 g/mol. The Balaban J connectivity index is 2.02.